The van der Waals surface area contributed by atoms with Crippen molar-refractivity contribution in [1.82, 2.24) is 4.90 Å². The third-order valence-electron chi connectivity index (χ3n) is 4.95. The van der Waals surface area contributed by atoms with Gasteiger partial charge in [0.2, 0.25) is 0 Å². The van der Waals surface area contributed by atoms with Crippen LogP contribution >= 0.6 is 11.6 Å². The average molecular weight is 324 g/mol. The zero-order chi connectivity index (χ0) is 15.5. The highest BCUT2D eigenvalue weighted by molar-refractivity contribution is 6.32. The van der Waals surface area contributed by atoms with E-state index in [1.165, 1.54) is 12.8 Å². The Morgan fingerprint density at radius 3 is 2.86 bits per heavy atom. The number of halogens is 1. The fourth-order valence-electron chi connectivity index (χ4n) is 3.94. The average Bonchev–Trinajstić information content (AvgIpc) is 2.88. The lowest BCUT2D eigenvalue weighted by Crippen LogP contribution is -2.44. The highest BCUT2D eigenvalue weighted by atomic mass is 35.5. The van der Waals surface area contributed by atoms with Crippen LogP contribution in [0.1, 0.15) is 32.1 Å². The van der Waals surface area contributed by atoms with Crippen LogP contribution in [0.3, 0.4) is 0 Å². The molecule has 3 atom stereocenters. The molecule has 2 fully saturated rings. The van der Waals surface area contributed by atoms with E-state index in [1.807, 2.05) is 18.2 Å². The number of rotatable bonds is 5. The molecule has 0 aromatic heterocycles. The number of carboxylic acids is 1. The van der Waals surface area contributed by atoms with E-state index in [-0.39, 0.29) is 6.04 Å². The second kappa shape index (κ2) is 6.88. The second-order valence-corrected chi connectivity index (χ2v) is 6.63. The number of benzene rings is 1. The molecule has 1 aromatic rings. The molecule has 22 heavy (non-hydrogen) atoms. The summed E-state index contributed by atoms with van der Waals surface area (Å²) in [5.74, 6) is 0.498. The van der Waals surface area contributed by atoms with E-state index in [0.29, 0.717) is 35.9 Å². The van der Waals surface area contributed by atoms with Gasteiger partial charge in [-0.15, -0.1) is 0 Å². The number of carboxylic acid groups (broad SMARTS) is 1. The van der Waals surface area contributed by atoms with Gasteiger partial charge in [-0.1, -0.05) is 36.6 Å². The van der Waals surface area contributed by atoms with Crippen LogP contribution in [-0.2, 0) is 4.79 Å². The van der Waals surface area contributed by atoms with Gasteiger partial charge in [0.1, 0.15) is 18.4 Å². The van der Waals surface area contributed by atoms with E-state index >= 15 is 0 Å². The maximum absolute atomic E-state index is 11.5. The summed E-state index contributed by atoms with van der Waals surface area (Å²) in [6, 6.07) is 7.43. The topological polar surface area (TPSA) is 49.8 Å². The Balaban J connectivity index is 1.61. The lowest BCUT2D eigenvalue weighted by atomic mass is 9.85. The van der Waals surface area contributed by atoms with Crippen LogP contribution in [0, 0.1) is 5.92 Å². The van der Waals surface area contributed by atoms with Crippen molar-refractivity contribution < 1.29 is 14.6 Å². The van der Waals surface area contributed by atoms with E-state index in [0.717, 1.165) is 19.3 Å². The van der Waals surface area contributed by atoms with Crippen LogP contribution in [0.4, 0.5) is 0 Å². The third kappa shape index (κ3) is 3.23. The number of carbonyl (C=O) groups is 1. The third-order valence-corrected chi connectivity index (χ3v) is 5.26. The molecule has 1 aromatic carbocycles. The number of likely N-dealkylation sites (tertiary alicyclic amines) is 1. The van der Waals surface area contributed by atoms with Crippen molar-refractivity contribution in [3.63, 3.8) is 0 Å². The predicted molar refractivity (Wildman–Crippen MR) is 85.4 cm³/mol. The number of ether oxygens (including phenoxy) is 1. The minimum absolute atomic E-state index is 0.358. The van der Waals surface area contributed by atoms with Gasteiger partial charge in [-0.3, -0.25) is 9.69 Å². The number of aliphatic carboxylic acids is 1. The van der Waals surface area contributed by atoms with Crippen LogP contribution in [0.25, 0.3) is 0 Å². The maximum Gasteiger partial charge on any atom is 0.320 e. The monoisotopic (exact) mass is 323 g/mol. The van der Waals surface area contributed by atoms with Gasteiger partial charge in [-0.25, -0.2) is 0 Å². The summed E-state index contributed by atoms with van der Waals surface area (Å²) in [6.45, 7) is 1.11. The van der Waals surface area contributed by atoms with Crippen molar-refractivity contribution in [3.8, 4) is 5.75 Å². The molecule has 5 heteroatoms. The van der Waals surface area contributed by atoms with Gasteiger partial charge in [0.25, 0.3) is 0 Å². The van der Waals surface area contributed by atoms with E-state index in [2.05, 4.69) is 4.90 Å². The predicted octanol–water partition coefficient (Wildman–Crippen LogP) is 3.44. The molecular formula is C17H22ClNO3. The largest absolute Gasteiger partial charge is 0.491 e. The van der Waals surface area contributed by atoms with Crippen molar-refractivity contribution in [2.45, 2.75) is 44.2 Å². The van der Waals surface area contributed by atoms with Crippen molar-refractivity contribution in [3.05, 3.63) is 29.3 Å². The number of para-hydroxylation sites is 1. The van der Waals surface area contributed by atoms with E-state index < -0.39 is 5.97 Å². The Bertz CT molecular complexity index is 536. The summed E-state index contributed by atoms with van der Waals surface area (Å²) in [7, 11) is 0. The number of hydrogen-bond acceptors (Lipinski definition) is 3. The van der Waals surface area contributed by atoms with Crippen molar-refractivity contribution >= 4 is 17.6 Å². The Morgan fingerprint density at radius 1 is 1.32 bits per heavy atom. The lowest BCUT2D eigenvalue weighted by Gasteiger charge is -2.32. The van der Waals surface area contributed by atoms with Crippen LogP contribution in [0.5, 0.6) is 5.75 Å². The molecule has 0 radical (unpaired) electrons. The van der Waals surface area contributed by atoms with Gasteiger partial charge in [-0.2, -0.15) is 0 Å². The normalized spacial score (nSPS) is 28.3. The Labute approximate surface area is 136 Å². The standard InChI is InChI=1S/C17H22ClNO3/c18-13-6-2-4-8-16(13)22-10-9-19-14-7-3-1-5-12(14)11-15(19)17(20)21/h2,4,6,8,12,14-15H,1,3,5,7,9-11H2,(H,20,21)/t12-,14-,15+/m1/s1. The molecule has 0 bridgehead atoms. The fraction of sp³-hybridized carbons (Fsp3) is 0.588. The molecule has 2 aliphatic rings. The molecule has 0 amide bonds. The molecule has 0 unspecified atom stereocenters. The maximum atomic E-state index is 11.5. The summed E-state index contributed by atoms with van der Waals surface area (Å²) >= 11 is 6.08. The Kier molecular flexibility index (Phi) is 4.89. The Hall–Kier alpha value is -1.26. The van der Waals surface area contributed by atoms with Crippen LogP contribution in [0.2, 0.25) is 5.02 Å². The second-order valence-electron chi connectivity index (χ2n) is 6.22. The van der Waals surface area contributed by atoms with Crippen LogP contribution in [-0.4, -0.2) is 41.2 Å². The molecule has 1 N–H and O–H groups in total. The molecule has 120 valence electrons. The number of nitrogens with zero attached hydrogens (tertiary/aromatic N) is 1. The first-order valence-corrected chi connectivity index (χ1v) is 8.40. The van der Waals surface area contributed by atoms with Crippen molar-refractivity contribution in [1.29, 1.82) is 0 Å². The summed E-state index contributed by atoms with van der Waals surface area (Å²) in [4.78, 5) is 13.7. The zero-order valence-corrected chi connectivity index (χ0v) is 13.3. The van der Waals surface area contributed by atoms with Crippen LogP contribution < -0.4 is 4.74 Å². The fourth-order valence-corrected chi connectivity index (χ4v) is 4.13. The quantitative estimate of drug-likeness (QED) is 0.902. The smallest absolute Gasteiger partial charge is 0.320 e. The van der Waals surface area contributed by atoms with E-state index in [9.17, 15) is 9.90 Å². The molecule has 3 rings (SSSR count). The van der Waals surface area contributed by atoms with Gasteiger partial charge in [0.05, 0.1) is 5.02 Å². The molecular weight excluding hydrogens is 302 g/mol. The molecule has 1 saturated heterocycles. The minimum atomic E-state index is -0.702. The summed E-state index contributed by atoms with van der Waals surface area (Å²) < 4.78 is 5.74. The van der Waals surface area contributed by atoms with Gasteiger partial charge < -0.3 is 9.84 Å². The Morgan fingerprint density at radius 2 is 2.09 bits per heavy atom. The highest BCUT2D eigenvalue weighted by Gasteiger charge is 2.44. The first kappa shape index (κ1) is 15.6. The van der Waals surface area contributed by atoms with Gasteiger partial charge >= 0.3 is 5.97 Å². The minimum Gasteiger partial charge on any atom is -0.491 e. The molecule has 1 heterocycles. The summed E-state index contributed by atoms with van der Waals surface area (Å²) in [6.07, 6.45) is 5.50. The molecule has 1 aliphatic heterocycles. The molecule has 1 aliphatic carbocycles. The number of fused-ring (bicyclic) bond motifs is 1. The SMILES string of the molecule is O=C(O)[C@@H]1C[C@H]2CCCC[C@H]2N1CCOc1ccccc1Cl. The number of hydrogen-bond donors (Lipinski definition) is 1. The van der Waals surface area contributed by atoms with Gasteiger partial charge in [0, 0.05) is 12.6 Å². The summed E-state index contributed by atoms with van der Waals surface area (Å²) in [5.41, 5.74) is 0. The highest BCUT2D eigenvalue weighted by Crippen LogP contribution is 2.39. The first-order chi connectivity index (χ1) is 10.7. The van der Waals surface area contributed by atoms with Gasteiger partial charge in [-0.05, 0) is 37.3 Å². The molecule has 4 nitrogen and oxygen atoms in total. The summed E-state index contributed by atoms with van der Waals surface area (Å²) in [5, 5.41) is 10.1. The van der Waals surface area contributed by atoms with Gasteiger partial charge in [0.15, 0.2) is 0 Å². The zero-order valence-electron chi connectivity index (χ0n) is 12.6. The van der Waals surface area contributed by atoms with Crippen LogP contribution in [0.15, 0.2) is 24.3 Å². The first-order valence-electron chi connectivity index (χ1n) is 8.02. The molecule has 1 saturated carbocycles. The van der Waals surface area contributed by atoms with E-state index in [4.69, 9.17) is 16.3 Å². The van der Waals surface area contributed by atoms with Crippen molar-refractivity contribution in [2.24, 2.45) is 5.92 Å². The van der Waals surface area contributed by atoms with E-state index in [1.54, 1.807) is 6.07 Å². The van der Waals surface area contributed by atoms with Crippen molar-refractivity contribution in [2.75, 3.05) is 13.2 Å². The lowest BCUT2D eigenvalue weighted by molar-refractivity contribution is -0.142. The molecule has 0 spiro atoms.